The molecule has 0 radical (unpaired) electrons. The highest BCUT2D eigenvalue weighted by atomic mass is 19.1. The third-order valence-corrected chi connectivity index (χ3v) is 3.98. The van der Waals surface area contributed by atoms with Crippen molar-refractivity contribution in [3.63, 3.8) is 0 Å². The van der Waals surface area contributed by atoms with Crippen molar-refractivity contribution in [1.29, 1.82) is 0 Å². The second kappa shape index (κ2) is 8.85. The van der Waals surface area contributed by atoms with E-state index < -0.39 is 5.97 Å². The average Bonchev–Trinajstić information content (AvgIpc) is 2.68. The molecule has 3 aromatic carbocycles. The Hall–Kier alpha value is -3.34. The average molecular weight is 366 g/mol. The van der Waals surface area contributed by atoms with Crippen molar-refractivity contribution < 1.29 is 23.8 Å². The molecular weight excluding hydrogens is 347 g/mol. The van der Waals surface area contributed by atoms with Gasteiger partial charge in [-0.15, -0.1) is 0 Å². The zero-order valence-electron chi connectivity index (χ0n) is 14.6. The Morgan fingerprint density at radius 2 is 1.30 bits per heavy atom. The standard InChI is InChI=1S/C22H19FO4/c23-19-7-3-17(4-8-19)18-5-11-20(12-6-18)26-14-13-16-1-9-21(10-2-16)27-15-22(24)25/h1-12H,13-15H2,(H,24,25). The molecule has 0 aliphatic rings. The monoisotopic (exact) mass is 366 g/mol. The topological polar surface area (TPSA) is 55.8 Å². The number of hydrogen-bond donors (Lipinski definition) is 1. The van der Waals surface area contributed by atoms with Crippen molar-refractivity contribution in [3.8, 4) is 22.6 Å². The molecule has 5 heteroatoms. The zero-order chi connectivity index (χ0) is 19.1. The molecule has 0 amide bonds. The van der Waals surface area contributed by atoms with Crippen LogP contribution in [0.25, 0.3) is 11.1 Å². The highest BCUT2D eigenvalue weighted by Crippen LogP contribution is 2.23. The summed E-state index contributed by atoms with van der Waals surface area (Å²) in [6.45, 7) is 0.168. The van der Waals surface area contributed by atoms with Gasteiger partial charge in [0.05, 0.1) is 6.61 Å². The van der Waals surface area contributed by atoms with Crippen LogP contribution in [0.15, 0.2) is 72.8 Å². The maximum Gasteiger partial charge on any atom is 0.341 e. The minimum absolute atomic E-state index is 0.250. The van der Waals surface area contributed by atoms with Crippen LogP contribution in [0, 0.1) is 5.82 Å². The highest BCUT2D eigenvalue weighted by molar-refractivity contribution is 5.68. The number of hydrogen-bond acceptors (Lipinski definition) is 3. The van der Waals surface area contributed by atoms with Gasteiger partial charge in [0.2, 0.25) is 0 Å². The van der Waals surface area contributed by atoms with Gasteiger partial charge in [-0.25, -0.2) is 9.18 Å². The maximum absolute atomic E-state index is 13.0. The first-order valence-corrected chi connectivity index (χ1v) is 8.52. The van der Waals surface area contributed by atoms with Crippen LogP contribution in [-0.2, 0) is 11.2 Å². The lowest BCUT2D eigenvalue weighted by molar-refractivity contribution is -0.139. The molecule has 0 aliphatic carbocycles. The minimum atomic E-state index is -1.00. The van der Waals surface area contributed by atoms with E-state index in [1.165, 1.54) is 12.1 Å². The van der Waals surface area contributed by atoms with E-state index in [-0.39, 0.29) is 12.4 Å². The summed E-state index contributed by atoms with van der Waals surface area (Å²) in [5.74, 6) is 0.0406. The van der Waals surface area contributed by atoms with E-state index in [2.05, 4.69) is 0 Å². The molecule has 0 bridgehead atoms. The minimum Gasteiger partial charge on any atom is -0.493 e. The molecule has 0 aromatic heterocycles. The van der Waals surface area contributed by atoms with E-state index in [1.54, 1.807) is 24.3 Å². The zero-order valence-corrected chi connectivity index (χ0v) is 14.6. The molecule has 0 spiro atoms. The van der Waals surface area contributed by atoms with E-state index >= 15 is 0 Å². The van der Waals surface area contributed by atoms with E-state index in [0.717, 1.165) is 28.9 Å². The molecule has 0 fully saturated rings. The molecule has 1 N–H and O–H groups in total. The Morgan fingerprint density at radius 3 is 1.89 bits per heavy atom. The number of carbonyl (C=O) groups is 1. The number of aliphatic carboxylic acids is 1. The molecule has 138 valence electrons. The molecule has 0 aliphatic heterocycles. The number of rotatable bonds is 8. The molecule has 0 atom stereocenters. The van der Waals surface area contributed by atoms with E-state index in [4.69, 9.17) is 14.6 Å². The fourth-order valence-electron chi connectivity index (χ4n) is 2.57. The Labute approximate surface area is 156 Å². The van der Waals surface area contributed by atoms with Crippen molar-refractivity contribution >= 4 is 5.97 Å². The van der Waals surface area contributed by atoms with Gasteiger partial charge in [-0.2, -0.15) is 0 Å². The third-order valence-electron chi connectivity index (χ3n) is 3.98. The lowest BCUT2D eigenvalue weighted by Gasteiger charge is -2.08. The van der Waals surface area contributed by atoms with Crippen LogP contribution >= 0.6 is 0 Å². The van der Waals surface area contributed by atoms with Gasteiger partial charge in [-0.05, 0) is 53.1 Å². The quantitative estimate of drug-likeness (QED) is 0.634. The van der Waals surface area contributed by atoms with Crippen LogP contribution in [0.4, 0.5) is 4.39 Å². The number of carboxylic acids is 1. The van der Waals surface area contributed by atoms with Crippen LogP contribution in [-0.4, -0.2) is 24.3 Å². The van der Waals surface area contributed by atoms with Gasteiger partial charge in [-0.3, -0.25) is 0 Å². The first-order chi connectivity index (χ1) is 13.1. The Bertz CT molecular complexity index is 872. The Balaban J connectivity index is 1.49. The lowest BCUT2D eigenvalue weighted by atomic mass is 10.1. The van der Waals surface area contributed by atoms with Crippen molar-refractivity contribution in [1.82, 2.24) is 0 Å². The fraction of sp³-hybridized carbons (Fsp3) is 0.136. The second-order valence-corrected chi connectivity index (χ2v) is 5.96. The second-order valence-electron chi connectivity index (χ2n) is 5.96. The molecule has 0 heterocycles. The Kier molecular flexibility index (Phi) is 6.05. The van der Waals surface area contributed by atoms with Crippen molar-refractivity contribution in [2.75, 3.05) is 13.2 Å². The van der Waals surface area contributed by atoms with Gasteiger partial charge in [-0.1, -0.05) is 36.4 Å². The number of carboxylic acid groups (broad SMARTS) is 1. The molecule has 0 saturated heterocycles. The summed E-state index contributed by atoms with van der Waals surface area (Å²) in [6, 6.07) is 21.3. The predicted molar refractivity (Wildman–Crippen MR) is 101 cm³/mol. The summed E-state index contributed by atoms with van der Waals surface area (Å²) in [6.07, 6.45) is 0.721. The highest BCUT2D eigenvalue weighted by Gasteiger charge is 2.02. The Morgan fingerprint density at radius 1 is 0.778 bits per heavy atom. The van der Waals surface area contributed by atoms with Gasteiger partial charge in [0, 0.05) is 6.42 Å². The van der Waals surface area contributed by atoms with Crippen LogP contribution in [0.5, 0.6) is 11.5 Å². The van der Waals surface area contributed by atoms with Crippen molar-refractivity contribution in [3.05, 3.63) is 84.2 Å². The van der Waals surface area contributed by atoms with Crippen LogP contribution in [0.1, 0.15) is 5.56 Å². The predicted octanol–water partition coefficient (Wildman–Crippen LogP) is 4.58. The lowest BCUT2D eigenvalue weighted by Crippen LogP contribution is -2.09. The van der Waals surface area contributed by atoms with Gasteiger partial charge in [0.25, 0.3) is 0 Å². The largest absolute Gasteiger partial charge is 0.493 e. The third kappa shape index (κ3) is 5.57. The summed E-state index contributed by atoms with van der Waals surface area (Å²) < 4.78 is 23.8. The van der Waals surface area contributed by atoms with Crippen molar-refractivity contribution in [2.24, 2.45) is 0 Å². The number of halogens is 1. The molecule has 0 saturated carbocycles. The molecule has 4 nitrogen and oxygen atoms in total. The number of benzene rings is 3. The molecular formula is C22H19FO4. The van der Waals surface area contributed by atoms with Crippen LogP contribution in [0.3, 0.4) is 0 Å². The number of ether oxygens (including phenoxy) is 2. The van der Waals surface area contributed by atoms with E-state index in [9.17, 15) is 9.18 Å². The molecule has 3 rings (SSSR count). The van der Waals surface area contributed by atoms with Crippen molar-refractivity contribution in [2.45, 2.75) is 6.42 Å². The van der Waals surface area contributed by atoms with Crippen LogP contribution in [0.2, 0.25) is 0 Å². The molecule has 3 aromatic rings. The summed E-state index contributed by atoms with van der Waals surface area (Å²) >= 11 is 0. The first-order valence-electron chi connectivity index (χ1n) is 8.52. The van der Waals surface area contributed by atoms with Gasteiger partial charge in [0.1, 0.15) is 17.3 Å². The summed E-state index contributed by atoms with van der Waals surface area (Å²) in [5.41, 5.74) is 3.02. The molecule has 0 unspecified atom stereocenters. The fourth-order valence-corrected chi connectivity index (χ4v) is 2.57. The summed E-state index contributed by atoms with van der Waals surface area (Å²) in [7, 11) is 0. The van der Waals surface area contributed by atoms with Gasteiger partial charge < -0.3 is 14.6 Å². The van der Waals surface area contributed by atoms with E-state index in [1.807, 2.05) is 36.4 Å². The smallest absolute Gasteiger partial charge is 0.341 e. The normalized spacial score (nSPS) is 10.4. The molecule has 27 heavy (non-hydrogen) atoms. The first kappa shape index (κ1) is 18.5. The SMILES string of the molecule is O=C(O)COc1ccc(CCOc2ccc(-c3ccc(F)cc3)cc2)cc1. The summed E-state index contributed by atoms with van der Waals surface area (Å²) in [4.78, 5) is 10.5. The van der Waals surface area contributed by atoms with Gasteiger partial charge in [0.15, 0.2) is 6.61 Å². The maximum atomic E-state index is 13.0. The van der Waals surface area contributed by atoms with Crippen LogP contribution < -0.4 is 9.47 Å². The summed E-state index contributed by atoms with van der Waals surface area (Å²) in [5, 5.41) is 8.59. The van der Waals surface area contributed by atoms with Gasteiger partial charge >= 0.3 is 5.97 Å². The van der Waals surface area contributed by atoms with E-state index in [0.29, 0.717) is 12.4 Å².